The van der Waals surface area contributed by atoms with Gasteiger partial charge in [-0.1, -0.05) is 5.16 Å². The maximum Gasteiger partial charge on any atom is 0.269 e. The highest BCUT2D eigenvalue weighted by molar-refractivity contribution is 7.89. The molecule has 2 aromatic rings. The van der Waals surface area contributed by atoms with Gasteiger partial charge in [-0.2, -0.15) is 9.40 Å². The monoisotopic (exact) mass is 393 g/mol. The van der Waals surface area contributed by atoms with Crippen molar-refractivity contribution in [3.05, 3.63) is 28.9 Å². The molecule has 10 heteroatoms. The molecule has 1 unspecified atom stereocenters. The molecule has 0 aliphatic carbocycles. The molecule has 0 bridgehead atoms. The summed E-state index contributed by atoms with van der Waals surface area (Å²) in [7, 11) is -3.68. The van der Waals surface area contributed by atoms with Gasteiger partial charge in [-0.3, -0.25) is 9.48 Å². The van der Waals surface area contributed by atoms with Gasteiger partial charge in [0.15, 0.2) is 5.76 Å². The Morgan fingerprint density at radius 2 is 2.07 bits per heavy atom. The number of aromatic nitrogens is 3. The minimum Gasteiger partial charge on any atom is -0.360 e. The Morgan fingerprint density at radius 3 is 2.81 bits per heavy atom. The molecule has 4 rings (SSSR count). The average molecular weight is 393 g/mol. The fraction of sp³-hybridized carbons (Fsp3) is 0.588. The summed E-state index contributed by atoms with van der Waals surface area (Å²) in [6, 6.07) is 1.80. The van der Waals surface area contributed by atoms with Gasteiger partial charge in [0.2, 0.25) is 10.0 Å². The zero-order valence-electron chi connectivity index (χ0n) is 15.4. The van der Waals surface area contributed by atoms with E-state index in [4.69, 9.17) is 4.52 Å². The number of hydrogen-bond acceptors (Lipinski definition) is 6. The summed E-state index contributed by atoms with van der Waals surface area (Å²) in [5.41, 5.74) is 1.70. The molecule has 4 heterocycles. The van der Waals surface area contributed by atoms with Gasteiger partial charge in [0, 0.05) is 32.1 Å². The highest BCUT2D eigenvalue weighted by Crippen LogP contribution is 2.32. The standard InChI is InChI=1S/C17H23N5O4S/c1-11-16(12(2)26-20-11)27(24,25)21-7-3-5-13(10-21)14-9-15-17(23)18-6-4-8-22(15)19-14/h9,13H,3-8,10H2,1-2H3,(H,18,23). The van der Waals surface area contributed by atoms with E-state index in [2.05, 4.69) is 15.6 Å². The van der Waals surface area contributed by atoms with Crippen LogP contribution in [0.15, 0.2) is 15.5 Å². The van der Waals surface area contributed by atoms with E-state index in [9.17, 15) is 13.2 Å². The van der Waals surface area contributed by atoms with Crippen molar-refractivity contribution in [1.82, 2.24) is 24.6 Å². The van der Waals surface area contributed by atoms with Crippen LogP contribution >= 0.6 is 0 Å². The van der Waals surface area contributed by atoms with Crippen LogP contribution in [0.25, 0.3) is 0 Å². The van der Waals surface area contributed by atoms with Crippen molar-refractivity contribution in [2.45, 2.75) is 50.5 Å². The third kappa shape index (κ3) is 3.16. The number of fused-ring (bicyclic) bond motifs is 1. The van der Waals surface area contributed by atoms with Crippen molar-refractivity contribution in [1.29, 1.82) is 0 Å². The molecule has 2 aromatic heterocycles. The first kappa shape index (κ1) is 18.2. The summed E-state index contributed by atoms with van der Waals surface area (Å²) in [4.78, 5) is 12.3. The zero-order valence-corrected chi connectivity index (χ0v) is 16.3. The van der Waals surface area contributed by atoms with E-state index in [1.54, 1.807) is 24.6 Å². The van der Waals surface area contributed by atoms with E-state index in [1.165, 1.54) is 4.31 Å². The fourth-order valence-corrected chi connectivity index (χ4v) is 5.70. The van der Waals surface area contributed by atoms with Gasteiger partial charge < -0.3 is 9.84 Å². The molecular weight excluding hydrogens is 370 g/mol. The first-order chi connectivity index (χ1) is 12.9. The maximum absolute atomic E-state index is 13.1. The van der Waals surface area contributed by atoms with Gasteiger partial charge >= 0.3 is 0 Å². The summed E-state index contributed by atoms with van der Waals surface area (Å²) in [5.74, 6) is 0.142. The quantitative estimate of drug-likeness (QED) is 0.839. The molecule has 146 valence electrons. The van der Waals surface area contributed by atoms with Crippen LogP contribution in [-0.2, 0) is 16.6 Å². The molecule has 0 spiro atoms. The lowest BCUT2D eigenvalue weighted by molar-refractivity contribution is 0.0950. The minimum atomic E-state index is -3.68. The van der Waals surface area contributed by atoms with Gasteiger partial charge in [0.1, 0.15) is 16.3 Å². The number of nitrogens with zero attached hydrogens (tertiary/aromatic N) is 4. The Hall–Kier alpha value is -2.20. The Morgan fingerprint density at radius 1 is 1.26 bits per heavy atom. The summed E-state index contributed by atoms with van der Waals surface area (Å²) < 4.78 is 34.5. The van der Waals surface area contributed by atoms with E-state index in [-0.39, 0.29) is 16.7 Å². The lowest BCUT2D eigenvalue weighted by atomic mass is 9.96. The van der Waals surface area contributed by atoms with Crippen LogP contribution in [-0.4, -0.2) is 53.2 Å². The van der Waals surface area contributed by atoms with Crippen LogP contribution in [0.4, 0.5) is 0 Å². The fourth-order valence-electron chi connectivity index (χ4n) is 3.88. The van der Waals surface area contributed by atoms with Crippen LogP contribution < -0.4 is 5.32 Å². The van der Waals surface area contributed by atoms with Crippen molar-refractivity contribution in [2.24, 2.45) is 0 Å². The largest absolute Gasteiger partial charge is 0.360 e. The summed E-state index contributed by atoms with van der Waals surface area (Å²) in [6.45, 7) is 5.36. The second-order valence-electron chi connectivity index (χ2n) is 7.14. The summed E-state index contributed by atoms with van der Waals surface area (Å²) in [6.07, 6.45) is 2.41. The molecule has 0 radical (unpaired) electrons. The molecular formula is C17H23N5O4S. The second-order valence-corrected chi connectivity index (χ2v) is 9.02. The van der Waals surface area contributed by atoms with Crippen LogP contribution in [0.3, 0.4) is 0 Å². The lowest BCUT2D eigenvalue weighted by Crippen LogP contribution is -2.39. The molecule has 27 heavy (non-hydrogen) atoms. The van der Waals surface area contributed by atoms with Gasteiger partial charge in [-0.25, -0.2) is 8.42 Å². The van der Waals surface area contributed by atoms with Crippen LogP contribution in [0.1, 0.15) is 52.8 Å². The number of aryl methyl sites for hydroxylation is 3. The van der Waals surface area contributed by atoms with Crippen molar-refractivity contribution in [2.75, 3.05) is 19.6 Å². The predicted octanol–water partition coefficient (Wildman–Crippen LogP) is 1.19. The third-order valence-electron chi connectivity index (χ3n) is 5.23. The van der Waals surface area contributed by atoms with Crippen LogP contribution in [0.5, 0.6) is 0 Å². The number of sulfonamides is 1. The first-order valence-corrected chi connectivity index (χ1v) is 10.6. The normalized spacial score (nSPS) is 21.6. The Bertz CT molecular complexity index is 958. The van der Waals surface area contributed by atoms with E-state index in [0.717, 1.165) is 25.0 Å². The SMILES string of the molecule is Cc1noc(C)c1S(=O)(=O)N1CCCC(c2cc3n(n2)CCCNC3=O)C1. The van der Waals surface area contributed by atoms with E-state index >= 15 is 0 Å². The van der Waals surface area contributed by atoms with Crippen molar-refractivity contribution < 1.29 is 17.7 Å². The predicted molar refractivity (Wildman–Crippen MR) is 95.9 cm³/mol. The number of hydrogen-bond donors (Lipinski definition) is 1. The Balaban J connectivity index is 1.61. The Kier molecular flexibility index (Phi) is 4.55. The van der Waals surface area contributed by atoms with Gasteiger partial charge in [-0.05, 0) is 39.2 Å². The van der Waals surface area contributed by atoms with E-state index in [0.29, 0.717) is 43.3 Å². The van der Waals surface area contributed by atoms with Crippen molar-refractivity contribution in [3.63, 3.8) is 0 Å². The van der Waals surface area contributed by atoms with Gasteiger partial charge in [0.05, 0.1) is 5.69 Å². The topological polar surface area (TPSA) is 110 Å². The van der Waals surface area contributed by atoms with Crippen LogP contribution in [0, 0.1) is 13.8 Å². The van der Waals surface area contributed by atoms with E-state index < -0.39 is 10.0 Å². The molecule has 0 saturated carbocycles. The van der Waals surface area contributed by atoms with Crippen molar-refractivity contribution >= 4 is 15.9 Å². The zero-order chi connectivity index (χ0) is 19.2. The minimum absolute atomic E-state index is 0.0405. The molecule has 1 saturated heterocycles. The van der Waals surface area contributed by atoms with E-state index in [1.807, 2.05) is 0 Å². The van der Waals surface area contributed by atoms with Gasteiger partial charge in [-0.15, -0.1) is 0 Å². The molecule has 1 atom stereocenters. The Labute approximate surface area is 157 Å². The average Bonchev–Trinajstić information content (AvgIpc) is 3.17. The van der Waals surface area contributed by atoms with Gasteiger partial charge in [0.25, 0.3) is 5.91 Å². The first-order valence-electron chi connectivity index (χ1n) is 9.17. The molecule has 9 nitrogen and oxygen atoms in total. The highest BCUT2D eigenvalue weighted by Gasteiger charge is 2.36. The molecule has 2 aliphatic rings. The molecule has 1 fully saturated rings. The number of carbonyl (C=O) groups excluding carboxylic acids is 1. The summed E-state index contributed by atoms with van der Waals surface area (Å²) in [5, 5.41) is 11.2. The number of piperidine rings is 1. The summed E-state index contributed by atoms with van der Waals surface area (Å²) >= 11 is 0. The lowest BCUT2D eigenvalue weighted by Gasteiger charge is -2.31. The highest BCUT2D eigenvalue weighted by atomic mass is 32.2. The molecule has 1 amide bonds. The number of nitrogens with one attached hydrogen (secondary N) is 1. The van der Waals surface area contributed by atoms with Crippen LogP contribution in [0.2, 0.25) is 0 Å². The molecule has 0 aromatic carbocycles. The number of carbonyl (C=O) groups is 1. The van der Waals surface area contributed by atoms with Crippen molar-refractivity contribution in [3.8, 4) is 0 Å². The third-order valence-corrected chi connectivity index (χ3v) is 7.34. The molecule has 2 aliphatic heterocycles. The second kappa shape index (κ2) is 6.75. The number of rotatable bonds is 3. The molecule has 1 N–H and O–H groups in total. The maximum atomic E-state index is 13.1. The number of amides is 1. The smallest absolute Gasteiger partial charge is 0.269 e.